The highest BCUT2D eigenvalue weighted by Gasteiger charge is 2.21. The maximum atomic E-state index is 11.2. The molecule has 4 N–H and O–H groups in total. The SMILES string of the molecule is CC(C)C1=CNC(=C(O)O)C(=O)N1. The predicted molar refractivity (Wildman–Crippen MR) is 46.5 cm³/mol. The molecule has 0 radical (unpaired) electrons. The molecular weight excluding hydrogens is 172 g/mol. The van der Waals surface area contributed by atoms with E-state index in [4.69, 9.17) is 10.2 Å². The van der Waals surface area contributed by atoms with Gasteiger partial charge in [0.05, 0.1) is 0 Å². The van der Waals surface area contributed by atoms with Gasteiger partial charge in [-0.2, -0.15) is 0 Å². The Morgan fingerprint density at radius 3 is 2.46 bits per heavy atom. The number of rotatable bonds is 1. The molecular formula is C8H12N2O3. The van der Waals surface area contributed by atoms with Crippen molar-refractivity contribution in [1.29, 1.82) is 0 Å². The molecule has 1 amide bonds. The minimum atomic E-state index is -1.00. The zero-order chi connectivity index (χ0) is 10.0. The maximum absolute atomic E-state index is 11.2. The fraction of sp³-hybridized carbons (Fsp3) is 0.375. The van der Waals surface area contributed by atoms with Gasteiger partial charge in [0.1, 0.15) is 0 Å². The van der Waals surface area contributed by atoms with Crippen molar-refractivity contribution in [3.05, 3.63) is 23.5 Å². The van der Waals surface area contributed by atoms with E-state index in [1.807, 2.05) is 13.8 Å². The van der Waals surface area contributed by atoms with Crippen LogP contribution in [0.1, 0.15) is 13.8 Å². The van der Waals surface area contributed by atoms with Gasteiger partial charge in [-0.05, 0) is 5.92 Å². The number of carbonyl (C=O) groups is 1. The highest BCUT2D eigenvalue weighted by molar-refractivity contribution is 5.95. The molecule has 0 aromatic carbocycles. The Bertz CT molecular complexity index is 288. The molecule has 0 aliphatic carbocycles. The third kappa shape index (κ3) is 1.93. The average molecular weight is 184 g/mol. The van der Waals surface area contributed by atoms with E-state index in [1.54, 1.807) is 0 Å². The Morgan fingerprint density at radius 1 is 1.46 bits per heavy atom. The molecule has 0 atom stereocenters. The van der Waals surface area contributed by atoms with Crippen molar-refractivity contribution in [3.63, 3.8) is 0 Å². The molecule has 13 heavy (non-hydrogen) atoms. The van der Waals surface area contributed by atoms with Gasteiger partial charge in [-0.15, -0.1) is 0 Å². The smallest absolute Gasteiger partial charge is 0.304 e. The summed E-state index contributed by atoms with van der Waals surface area (Å²) in [7, 11) is 0. The summed E-state index contributed by atoms with van der Waals surface area (Å²) in [6.45, 7) is 3.84. The summed E-state index contributed by atoms with van der Waals surface area (Å²) in [4.78, 5) is 11.2. The lowest BCUT2D eigenvalue weighted by molar-refractivity contribution is -0.118. The highest BCUT2D eigenvalue weighted by atomic mass is 16.5. The number of aliphatic hydroxyl groups is 2. The van der Waals surface area contributed by atoms with Gasteiger partial charge in [-0.25, -0.2) is 0 Å². The first-order valence-electron chi connectivity index (χ1n) is 3.92. The molecule has 0 saturated heterocycles. The van der Waals surface area contributed by atoms with Gasteiger partial charge >= 0.3 is 5.95 Å². The third-order valence-corrected chi connectivity index (χ3v) is 1.70. The molecule has 0 spiro atoms. The van der Waals surface area contributed by atoms with Crippen molar-refractivity contribution in [2.75, 3.05) is 0 Å². The molecule has 5 nitrogen and oxygen atoms in total. The summed E-state index contributed by atoms with van der Waals surface area (Å²) >= 11 is 0. The maximum Gasteiger partial charge on any atom is 0.304 e. The summed E-state index contributed by atoms with van der Waals surface area (Å²) in [5, 5.41) is 22.3. The molecule has 0 saturated carbocycles. The van der Waals surface area contributed by atoms with E-state index in [9.17, 15) is 4.79 Å². The number of carbonyl (C=O) groups excluding carboxylic acids is 1. The number of hydrogen-bond acceptors (Lipinski definition) is 4. The summed E-state index contributed by atoms with van der Waals surface area (Å²) in [5.41, 5.74) is 0.486. The molecule has 72 valence electrons. The second kappa shape index (κ2) is 3.38. The lowest BCUT2D eigenvalue weighted by Gasteiger charge is -2.19. The van der Waals surface area contributed by atoms with Crippen molar-refractivity contribution in [2.24, 2.45) is 5.92 Å². The van der Waals surface area contributed by atoms with Crippen molar-refractivity contribution >= 4 is 5.91 Å². The van der Waals surface area contributed by atoms with Gasteiger partial charge in [-0.3, -0.25) is 4.79 Å². The first-order chi connectivity index (χ1) is 6.02. The Morgan fingerprint density at radius 2 is 2.08 bits per heavy atom. The minimum Gasteiger partial charge on any atom is -0.479 e. The summed E-state index contributed by atoms with van der Waals surface area (Å²) in [5.74, 6) is -1.36. The largest absolute Gasteiger partial charge is 0.479 e. The van der Waals surface area contributed by atoms with Crippen LogP contribution in [0.2, 0.25) is 0 Å². The molecule has 1 aliphatic rings. The molecule has 0 fully saturated rings. The Kier molecular flexibility index (Phi) is 2.46. The quantitative estimate of drug-likeness (QED) is 0.353. The van der Waals surface area contributed by atoms with E-state index in [2.05, 4.69) is 10.6 Å². The van der Waals surface area contributed by atoms with Crippen LogP contribution >= 0.6 is 0 Å². The Balaban J connectivity index is 2.87. The van der Waals surface area contributed by atoms with Crippen LogP contribution in [-0.2, 0) is 4.79 Å². The molecule has 0 aromatic rings. The fourth-order valence-corrected chi connectivity index (χ4v) is 0.922. The van der Waals surface area contributed by atoms with Gasteiger partial charge < -0.3 is 20.8 Å². The van der Waals surface area contributed by atoms with Crippen LogP contribution in [0.5, 0.6) is 0 Å². The van der Waals surface area contributed by atoms with Crippen LogP contribution in [0.15, 0.2) is 23.5 Å². The van der Waals surface area contributed by atoms with Crippen LogP contribution in [0.25, 0.3) is 0 Å². The van der Waals surface area contributed by atoms with Gasteiger partial charge in [0.15, 0.2) is 5.70 Å². The number of nitrogens with one attached hydrogen (secondary N) is 2. The van der Waals surface area contributed by atoms with E-state index in [1.165, 1.54) is 6.20 Å². The lowest BCUT2D eigenvalue weighted by Crippen LogP contribution is -2.37. The third-order valence-electron chi connectivity index (χ3n) is 1.70. The first-order valence-corrected chi connectivity index (χ1v) is 3.92. The topological polar surface area (TPSA) is 81.6 Å². The zero-order valence-electron chi connectivity index (χ0n) is 7.46. The second-order valence-corrected chi connectivity index (χ2v) is 3.05. The highest BCUT2D eigenvalue weighted by Crippen LogP contribution is 2.10. The molecule has 1 rings (SSSR count). The summed E-state index contributed by atoms with van der Waals surface area (Å²) < 4.78 is 0. The fourth-order valence-electron chi connectivity index (χ4n) is 0.922. The van der Waals surface area contributed by atoms with Gasteiger partial charge in [0, 0.05) is 11.9 Å². The van der Waals surface area contributed by atoms with Crippen LogP contribution in [0.4, 0.5) is 0 Å². The van der Waals surface area contributed by atoms with E-state index in [-0.39, 0.29) is 11.6 Å². The minimum absolute atomic E-state index is 0.179. The normalized spacial score (nSPS) is 16.4. The average Bonchev–Trinajstić information content (AvgIpc) is 2.03. The molecule has 5 heteroatoms. The summed E-state index contributed by atoms with van der Waals surface area (Å²) in [6.07, 6.45) is 1.54. The van der Waals surface area contributed by atoms with Crippen LogP contribution in [0, 0.1) is 5.92 Å². The summed E-state index contributed by atoms with van der Waals surface area (Å²) in [6, 6.07) is 0. The number of amides is 1. The van der Waals surface area contributed by atoms with Crippen molar-refractivity contribution in [1.82, 2.24) is 10.6 Å². The van der Waals surface area contributed by atoms with Gasteiger partial charge in [0.25, 0.3) is 5.91 Å². The molecule has 1 aliphatic heterocycles. The molecule has 1 heterocycles. The monoisotopic (exact) mass is 184 g/mol. The van der Waals surface area contributed by atoms with Crippen molar-refractivity contribution in [2.45, 2.75) is 13.8 Å². The molecule has 0 aromatic heterocycles. The first kappa shape index (κ1) is 9.44. The van der Waals surface area contributed by atoms with Gasteiger partial charge in [0.2, 0.25) is 0 Å². The Labute approximate surface area is 75.8 Å². The van der Waals surface area contributed by atoms with E-state index in [0.717, 1.165) is 5.70 Å². The number of allylic oxidation sites excluding steroid dienone is 1. The Hall–Kier alpha value is -1.65. The van der Waals surface area contributed by atoms with E-state index >= 15 is 0 Å². The second-order valence-electron chi connectivity index (χ2n) is 3.05. The zero-order valence-corrected chi connectivity index (χ0v) is 7.46. The number of aliphatic hydroxyl groups excluding tert-OH is 1. The van der Waals surface area contributed by atoms with E-state index in [0.29, 0.717) is 0 Å². The van der Waals surface area contributed by atoms with Crippen molar-refractivity contribution < 1.29 is 15.0 Å². The van der Waals surface area contributed by atoms with Crippen molar-refractivity contribution in [3.8, 4) is 0 Å². The molecule has 0 bridgehead atoms. The predicted octanol–water partition coefficient (Wildman–Crippen LogP) is 0.488. The van der Waals surface area contributed by atoms with Crippen LogP contribution in [0.3, 0.4) is 0 Å². The number of hydrogen-bond donors (Lipinski definition) is 4. The standard InChI is InChI=1S/C8H12N2O3/c1-4(2)5-3-9-6(8(12)13)7(11)10-5/h3-4,9,12-13H,1-2H3,(H,10,11). The van der Waals surface area contributed by atoms with Gasteiger partial charge in [-0.1, -0.05) is 13.8 Å². The van der Waals surface area contributed by atoms with E-state index < -0.39 is 11.9 Å². The van der Waals surface area contributed by atoms with Crippen LogP contribution in [-0.4, -0.2) is 16.1 Å². The molecule has 0 unspecified atom stereocenters. The lowest BCUT2D eigenvalue weighted by atomic mass is 10.1. The van der Waals surface area contributed by atoms with Crippen LogP contribution < -0.4 is 10.6 Å².